The molecule has 0 aliphatic heterocycles. The van der Waals surface area contributed by atoms with Crippen LogP contribution in [-0.4, -0.2) is 13.1 Å². The van der Waals surface area contributed by atoms with E-state index in [1.165, 1.54) is 12.1 Å². The summed E-state index contributed by atoms with van der Waals surface area (Å²) in [6, 6.07) is 4.55. The predicted octanol–water partition coefficient (Wildman–Crippen LogP) is 2.09. The molecule has 0 amide bonds. The zero-order chi connectivity index (χ0) is 10.7. The second kappa shape index (κ2) is 4.37. The molecule has 0 atom stereocenters. The Hall–Kier alpha value is -1.16. The summed E-state index contributed by atoms with van der Waals surface area (Å²) in [6.07, 6.45) is 0. The molecule has 0 spiro atoms. The van der Waals surface area contributed by atoms with Crippen molar-refractivity contribution in [1.29, 1.82) is 5.26 Å². The fourth-order valence-corrected chi connectivity index (χ4v) is 1.39. The smallest absolute Gasteiger partial charge is 0.342 e. The standard InChI is InChI=1S/C9H5FINO2/c1-14-9(13)7-5(4-12)2-3-6(11)8(7)10/h2-3H,1H3. The van der Waals surface area contributed by atoms with Gasteiger partial charge in [0.1, 0.15) is 11.6 Å². The summed E-state index contributed by atoms with van der Waals surface area (Å²) in [4.78, 5) is 11.1. The molecule has 3 nitrogen and oxygen atoms in total. The quantitative estimate of drug-likeness (QED) is 0.590. The van der Waals surface area contributed by atoms with Gasteiger partial charge in [0.2, 0.25) is 0 Å². The summed E-state index contributed by atoms with van der Waals surface area (Å²) < 4.78 is 18.1. The topological polar surface area (TPSA) is 50.1 Å². The summed E-state index contributed by atoms with van der Waals surface area (Å²) in [5, 5.41) is 8.65. The van der Waals surface area contributed by atoms with Gasteiger partial charge in [-0.15, -0.1) is 0 Å². The van der Waals surface area contributed by atoms with Crippen LogP contribution in [0.3, 0.4) is 0 Å². The molecule has 0 unspecified atom stereocenters. The third-order valence-corrected chi connectivity index (χ3v) is 2.44. The molecule has 0 saturated heterocycles. The SMILES string of the molecule is COC(=O)c1c(C#N)ccc(I)c1F. The van der Waals surface area contributed by atoms with Crippen LogP contribution in [0.15, 0.2) is 12.1 Å². The maximum Gasteiger partial charge on any atom is 0.342 e. The molecule has 14 heavy (non-hydrogen) atoms. The van der Waals surface area contributed by atoms with E-state index in [2.05, 4.69) is 4.74 Å². The summed E-state index contributed by atoms with van der Waals surface area (Å²) in [5.74, 6) is -1.55. The number of ether oxygens (including phenoxy) is 1. The van der Waals surface area contributed by atoms with Gasteiger partial charge in [-0.3, -0.25) is 0 Å². The normalized spacial score (nSPS) is 9.29. The van der Waals surface area contributed by atoms with Gasteiger partial charge in [-0.25, -0.2) is 9.18 Å². The number of nitrogens with zero attached hydrogens (tertiary/aromatic N) is 1. The van der Waals surface area contributed by atoms with Crippen molar-refractivity contribution in [2.75, 3.05) is 7.11 Å². The van der Waals surface area contributed by atoms with Crippen LogP contribution in [0.4, 0.5) is 4.39 Å². The summed E-state index contributed by atoms with van der Waals surface area (Å²) in [5.41, 5.74) is -0.323. The maximum absolute atomic E-state index is 13.4. The molecule has 0 fully saturated rings. The van der Waals surface area contributed by atoms with Crippen LogP contribution in [0.1, 0.15) is 15.9 Å². The number of benzene rings is 1. The lowest BCUT2D eigenvalue weighted by molar-refractivity contribution is 0.0595. The number of nitriles is 1. The molecule has 0 saturated carbocycles. The Balaban J connectivity index is 3.45. The molecule has 0 bridgehead atoms. The molecule has 1 aromatic carbocycles. The van der Waals surface area contributed by atoms with Crippen LogP contribution in [-0.2, 0) is 4.74 Å². The number of rotatable bonds is 1. The van der Waals surface area contributed by atoms with E-state index in [1.807, 2.05) is 0 Å². The highest BCUT2D eigenvalue weighted by Crippen LogP contribution is 2.19. The number of hydrogen-bond acceptors (Lipinski definition) is 3. The minimum Gasteiger partial charge on any atom is -0.465 e. The van der Waals surface area contributed by atoms with Gasteiger partial charge < -0.3 is 4.74 Å². The lowest BCUT2D eigenvalue weighted by Gasteiger charge is -2.04. The van der Waals surface area contributed by atoms with E-state index >= 15 is 0 Å². The molecule has 0 N–H and O–H groups in total. The van der Waals surface area contributed by atoms with E-state index in [1.54, 1.807) is 28.7 Å². The van der Waals surface area contributed by atoms with E-state index in [0.29, 0.717) is 0 Å². The van der Waals surface area contributed by atoms with Crippen molar-refractivity contribution in [3.63, 3.8) is 0 Å². The Morgan fingerprint density at radius 1 is 1.64 bits per heavy atom. The molecule has 0 aromatic heterocycles. The first-order valence-electron chi connectivity index (χ1n) is 3.58. The average Bonchev–Trinajstić information content (AvgIpc) is 2.20. The molecule has 0 aliphatic carbocycles. The van der Waals surface area contributed by atoms with Crippen LogP contribution in [0.5, 0.6) is 0 Å². The fourth-order valence-electron chi connectivity index (χ4n) is 0.945. The number of esters is 1. The van der Waals surface area contributed by atoms with E-state index in [0.717, 1.165) is 7.11 Å². The van der Waals surface area contributed by atoms with Crippen LogP contribution in [0, 0.1) is 20.7 Å². The zero-order valence-electron chi connectivity index (χ0n) is 7.17. The molecule has 0 radical (unpaired) electrons. The lowest BCUT2D eigenvalue weighted by Crippen LogP contribution is -2.08. The molecule has 0 aliphatic rings. The minimum atomic E-state index is -0.836. The van der Waals surface area contributed by atoms with Crippen molar-refractivity contribution < 1.29 is 13.9 Å². The Labute approximate surface area is 93.6 Å². The lowest BCUT2D eigenvalue weighted by atomic mass is 10.1. The average molecular weight is 305 g/mol. The second-order valence-electron chi connectivity index (χ2n) is 2.39. The number of halogens is 2. The summed E-state index contributed by atoms with van der Waals surface area (Å²) in [7, 11) is 1.14. The van der Waals surface area contributed by atoms with Crippen molar-refractivity contribution in [3.8, 4) is 6.07 Å². The number of hydrogen-bond donors (Lipinski definition) is 0. The first-order valence-corrected chi connectivity index (χ1v) is 4.66. The highest BCUT2D eigenvalue weighted by atomic mass is 127. The monoisotopic (exact) mass is 305 g/mol. The predicted molar refractivity (Wildman–Crippen MR) is 55.2 cm³/mol. The van der Waals surface area contributed by atoms with Gasteiger partial charge in [-0.05, 0) is 34.7 Å². The maximum atomic E-state index is 13.4. The van der Waals surface area contributed by atoms with Crippen molar-refractivity contribution in [1.82, 2.24) is 0 Å². The third kappa shape index (κ3) is 1.85. The van der Waals surface area contributed by atoms with Gasteiger partial charge in [0, 0.05) is 3.57 Å². The number of carbonyl (C=O) groups is 1. The first kappa shape index (κ1) is 10.9. The molecule has 1 aromatic rings. The highest BCUT2D eigenvalue weighted by molar-refractivity contribution is 14.1. The minimum absolute atomic E-state index is 0.0187. The van der Waals surface area contributed by atoms with Crippen molar-refractivity contribution in [3.05, 3.63) is 32.6 Å². The zero-order valence-corrected chi connectivity index (χ0v) is 9.33. The largest absolute Gasteiger partial charge is 0.465 e. The fraction of sp³-hybridized carbons (Fsp3) is 0.111. The van der Waals surface area contributed by atoms with Gasteiger partial charge in [0.25, 0.3) is 0 Å². The first-order chi connectivity index (χ1) is 6.61. The summed E-state index contributed by atoms with van der Waals surface area (Å²) >= 11 is 1.74. The molecular formula is C9H5FINO2. The van der Waals surface area contributed by atoms with Gasteiger partial charge in [0.15, 0.2) is 5.82 Å². The van der Waals surface area contributed by atoms with E-state index in [4.69, 9.17) is 5.26 Å². The van der Waals surface area contributed by atoms with Crippen LogP contribution >= 0.6 is 22.6 Å². The Kier molecular flexibility index (Phi) is 3.41. The Bertz CT molecular complexity index is 426. The van der Waals surface area contributed by atoms with Gasteiger partial charge >= 0.3 is 5.97 Å². The van der Waals surface area contributed by atoms with Crippen molar-refractivity contribution in [2.45, 2.75) is 0 Å². The van der Waals surface area contributed by atoms with Crippen molar-refractivity contribution in [2.24, 2.45) is 0 Å². The molecule has 5 heteroatoms. The number of carbonyl (C=O) groups excluding carboxylic acids is 1. The van der Waals surface area contributed by atoms with Crippen LogP contribution in [0.2, 0.25) is 0 Å². The molecular weight excluding hydrogens is 300 g/mol. The van der Waals surface area contributed by atoms with Gasteiger partial charge in [-0.1, -0.05) is 0 Å². The van der Waals surface area contributed by atoms with Crippen LogP contribution in [0.25, 0.3) is 0 Å². The molecule has 72 valence electrons. The van der Waals surface area contributed by atoms with Gasteiger partial charge in [0.05, 0.1) is 12.7 Å². The molecule has 0 heterocycles. The van der Waals surface area contributed by atoms with Crippen LogP contribution < -0.4 is 0 Å². The van der Waals surface area contributed by atoms with E-state index in [9.17, 15) is 9.18 Å². The number of methoxy groups -OCH3 is 1. The Morgan fingerprint density at radius 3 is 2.79 bits per heavy atom. The van der Waals surface area contributed by atoms with Crippen molar-refractivity contribution >= 4 is 28.6 Å². The summed E-state index contributed by atoms with van der Waals surface area (Å²) in [6.45, 7) is 0. The molecule has 1 rings (SSSR count). The highest BCUT2D eigenvalue weighted by Gasteiger charge is 2.19. The van der Waals surface area contributed by atoms with E-state index in [-0.39, 0.29) is 14.7 Å². The third-order valence-electron chi connectivity index (χ3n) is 1.60. The Morgan fingerprint density at radius 2 is 2.29 bits per heavy atom. The second-order valence-corrected chi connectivity index (χ2v) is 3.55. The van der Waals surface area contributed by atoms with E-state index < -0.39 is 11.8 Å². The van der Waals surface area contributed by atoms with Gasteiger partial charge in [-0.2, -0.15) is 5.26 Å².